The zero-order valence-corrected chi connectivity index (χ0v) is 15.6. The van der Waals surface area contributed by atoms with Crippen molar-refractivity contribution in [3.63, 3.8) is 0 Å². The maximum absolute atomic E-state index is 12.7. The lowest BCUT2D eigenvalue weighted by atomic mass is 10.1. The summed E-state index contributed by atoms with van der Waals surface area (Å²) < 4.78 is 0. The van der Waals surface area contributed by atoms with Crippen molar-refractivity contribution < 1.29 is 4.79 Å². The van der Waals surface area contributed by atoms with Crippen LogP contribution in [0, 0.1) is 0 Å². The van der Waals surface area contributed by atoms with Crippen LogP contribution in [0.25, 0.3) is 6.08 Å². The summed E-state index contributed by atoms with van der Waals surface area (Å²) in [7, 11) is 4.00. The Bertz CT molecular complexity index is 730. The van der Waals surface area contributed by atoms with Gasteiger partial charge in [-0.05, 0) is 29.8 Å². The minimum Gasteiger partial charge on any atom is -0.378 e. The van der Waals surface area contributed by atoms with E-state index in [0.29, 0.717) is 0 Å². The minimum absolute atomic E-state index is 0.134. The first kappa shape index (κ1) is 18.2. The Morgan fingerprint density at radius 1 is 0.962 bits per heavy atom. The van der Waals surface area contributed by atoms with Gasteiger partial charge < -0.3 is 9.80 Å². The van der Waals surface area contributed by atoms with E-state index in [-0.39, 0.29) is 5.91 Å². The summed E-state index contributed by atoms with van der Waals surface area (Å²) in [5.74, 6) is 0.134. The van der Waals surface area contributed by atoms with Crippen molar-refractivity contribution >= 4 is 17.7 Å². The van der Waals surface area contributed by atoms with Crippen molar-refractivity contribution in [1.29, 1.82) is 0 Å². The number of piperazine rings is 1. The van der Waals surface area contributed by atoms with Gasteiger partial charge in [-0.15, -0.1) is 0 Å². The van der Waals surface area contributed by atoms with Crippen LogP contribution in [0.15, 0.2) is 60.7 Å². The van der Waals surface area contributed by atoms with Crippen molar-refractivity contribution in [2.45, 2.75) is 0 Å². The maximum atomic E-state index is 12.7. The van der Waals surface area contributed by atoms with Gasteiger partial charge in [-0.2, -0.15) is 0 Å². The molecule has 26 heavy (non-hydrogen) atoms. The van der Waals surface area contributed by atoms with E-state index in [1.165, 1.54) is 5.56 Å². The first-order chi connectivity index (χ1) is 12.6. The number of amides is 1. The van der Waals surface area contributed by atoms with Gasteiger partial charge in [0.15, 0.2) is 0 Å². The number of hydrogen-bond acceptors (Lipinski definition) is 3. The first-order valence-electron chi connectivity index (χ1n) is 9.14. The van der Waals surface area contributed by atoms with Crippen LogP contribution in [-0.4, -0.2) is 62.5 Å². The van der Waals surface area contributed by atoms with Gasteiger partial charge in [0.05, 0.1) is 0 Å². The molecule has 0 aliphatic carbocycles. The van der Waals surface area contributed by atoms with Crippen LogP contribution >= 0.6 is 0 Å². The van der Waals surface area contributed by atoms with Crippen molar-refractivity contribution in [3.8, 4) is 0 Å². The highest BCUT2D eigenvalue weighted by Gasteiger charge is 2.21. The predicted octanol–water partition coefficient (Wildman–Crippen LogP) is 3.22. The van der Waals surface area contributed by atoms with Crippen LogP contribution in [0.5, 0.6) is 0 Å². The second-order valence-corrected chi connectivity index (χ2v) is 6.85. The molecule has 2 aromatic carbocycles. The Kier molecular flexibility index (Phi) is 6.08. The number of carbonyl (C=O) groups is 1. The summed E-state index contributed by atoms with van der Waals surface area (Å²) in [4.78, 5) is 19.1. The Labute approximate surface area is 156 Å². The fourth-order valence-electron chi connectivity index (χ4n) is 3.12. The molecular weight excluding hydrogens is 322 g/mol. The van der Waals surface area contributed by atoms with E-state index >= 15 is 0 Å². The number of hydrogen-bond donors (Lipinski definition) is 0. The molecule has 0 radical (unpaired) electrons. The normalized spacial score (nSPS) is 15.4. The van der Waals surface area contributed by atoms with Crippen molar-refractivity contribution in [2.24, 2.45) is 0 Å². The topological polar surface area (TPSA) is 26.8 Å². The molecule has 0 aromatic heterocycles. The van der Waals surface area contributed by atoms with Crippen LogP contribution in [0.4, 0.5) is 5.69 Å². The molecule has 0 saturated carbocycles. The number of anilines is 1. The number of carbonyl (C=O) groups excluding carboxylic acids is 1. The molecule has 4 nitrogen and oxygen atoms in total. The fraction of sp³-hybridized carbons (Fsp3) is 0.318. The van der Waals surface area contributed by atoms with E-state index in [9.17, 15) is 4.79 Å². The van der Waals surface area contributed by atoms with Gasteiger partial charge in [0.1, 0.15) is 0 Å². The maximum Gasteiger partial charge on any atom is 0.253 e. The summed E-state index contributed by atoms with van der Waals surface area (Å²) in [6.07, 6.45) is 4.36. The highest BCUT2D eigenvalue weighted by atomic mass is 16.2. The number of benzene rings is 2. The SMILES string of the molecule is CN(C)c1ccc(C(=O)N2CCN(CC=Cc3ccccc3)CC2)cc1. The van der Waals surface area contributed by atoms with Crippen molar-refractivity contribution in [3.05, 3.63) is 71.8 Å². The lowest BCUT2D eigenvalue weighted by molar-refractivity contribution is 0.0650. The molecule has 3 rings (SSSR count). The molecule has 1 aliphatic rings. The molecule has 1 fully saturated rings. The molecule has 1 saturated heterocycles. The van der Waals surface area contributed by atoms with E-state index in [1.54, 1.807) is 0 Å². The smallest absolute Gasteiger partial charge is 0.253 e. The Morgan fingerprint density at radius 2 is 1.62 bits per heavy atom. The van der Waals surface area contributed by atoms with E-state index in [2.05, 4.69) is 41.3 Å². The number of rotatable bonds is 5. The molecule has 0 atom stereocenters. The highest BCUT2D eigenvalue weighted by molar-refractivity contribution is 5.94. The van der Waals surface area contributed by atoms with Gasteiger partial charge >= 0.3 is 0 Å². The third-order valence-electron chi connectivity index (χ3n) is 4.76. The average molecular weight is 349 g/mol. The van der Waals surface area contributed by atoms with E-state index in [4.69, 9.17) is 0 Å². The van der Waals surface area contributed by atoms with Gasteiger partial charge in [-0.3, -0.25) is 9.69 Å². The molecule has 1 aliphatic heterocycles. The summed E-state index contributed by atoms with van der Waals surface area (Å²) in [6.45, 7) is 4.33. The quantitative estimate of drug-likeness (QED) is 0.829. The predicted molar refractivity (Wildman–Crippen MR) is 109 cm³/mol. The second-order valence-electron chi connectivity index (χ2n) is 6.85. The van der Waals surface area contributed by atoms with E-state index in [1.807, 2.05) is 54.2 Å². The van der Waals surface area contributed by atoms with Crippen LogP contribution in [0.3, 0.4) is 0 Å². The lowest BCUT2D eigenvalue weighted by Crippen LogP contribution is -2.48. The Hall–Kier alpha value is -2.59. The van der Waals surface area contributed by atoms with Crippen LogP contribution in [0.1, 0.15) is 15.9 Å². The zero-order valence-electron chi connectivity index (χ0n) is 15.6. The largest absolute Gasteiger partial charge is 0.378 e. The average Bonchev–Trinajstić information content (AvgIpc) is 2.69. The second kappa shape index (κ2) is 8.68. The third kappa shape index (κ3) is 4.73. The zero-order chi connectivity index (χ0) is 18.4. The molecular formula is C22H27N3O. The molecule has 0 spiro atoms. The summed E-state index contributed by atoms with van der Waals surface area (Å²) >= 11 is 0. The molecule has 136 valence electrons. The van der Waals surface area contributed by atoms with Gasteiger partial charge in [-0.25, -0.2) is 0 Å². The summed E-state index contributed by atoms with van der Waals surface area (Å²) in [5.41, 5.74) is 3.10. The number of nitrogens with zero attached hydrogens (tertiary/aromatic N) is 3. The molecule has 0 bridgehead atoms. The van der Waals surface area contributed by atoms with E-state index < -0.39 is 0 Å². The standard InChI is InChI=1S/C22H27N3O/c1-23(2)21-12-10-20(11-13-21)22(26)25-17-15-24(16-18-25)14-6-9-19-7-4-3-5-8-19/h3-13H,14-18H2,1-2H3. The van der Waals surface area contributed by atoms with Crippen LogP contribution in [0.2, 0.25) is 0 Å². The minimum atomic E-state index is 0.134. The van der Waals surface area contributed by atoms with Crippen LogP contribution in [-0.2, 0) is 0 Å². The highest BCUT2D eigenvalue weighted by Crippen LogP contribution is 2.15. The van der Waals surface area contributed by atoms with Crippen molar-refractivity contribution in [2.75, 3.05) is 51.7 Å². The molecule has 0 unspecified atom stereocenters. The molecule has 2 aromatic rings. The van der Waals surface area contributed by atoms with Crippen LogP contribution < -0.4 is 4.90 Å². The Balaban J connectivity index is 1.48. The van der Waals surface area contributed by atoms with Crippen molar-refractivity contribution in [1.82, 2.24) is 9.80 Å². The van der Waals surface area contributed by atoms with E-state index in [0.717, 1.165) is 44.0 Å². The van der Waals surface area contributed by atoms with Gasteiger partial charge in [-0.1, -0.05) is 42.5 Å². The van der Waals surface area contributed by atoms with Gasteiger partial charge in [0.2, 0.25) is 0 Å². The lowest BCUT2D eigenvalue weighted by Gasteiger charge is -2.34. The molecule has 1 heterocycles. The summed E-state index contributed by atoms with van der Waals surface area (Å²) in [5, 5.41) is 0. The fourth-order valence-corrected chi connectivity index (χ4v) is 3.12. The molecule has 0 N–H and O–H groups in total. The van der Waals surface area contributed by atoms with Gasteiger partial charge in [0, 0.05) is 58.1 Å². The monoisotopic (exact) mass is 349 g/mol. The Morgan fingerprint density at radius 3 is 2.23 bits per heavy atom. The summed E-state index contributed by atoms with van der Waals surface area (Å²) in [6, 6.07) is 18.2. The van der Waals surface area contributed by atoms with Gasteiger partial charge in [0.25, 0.3) is 5.91 Å². The molecule has 1 amide bonds. The third-order valence-corrected chi connectivity index (χ3v) is 4.76. The molecule has 4 heteroatoms. The first-order valence-corrected chi connectivity index (χ1v) is 9.14.